The van der Waals surface area contributed by atoms with E-state index < -0.39 is 6.09 Å². The van der Waals surface area contributed by atoms with Crippen molar-refractivity contribution in [1.29, 1.82) is 0 Å². The first-order valence-corrected chi connectivity index (χ1v) is 8.83. The zero-order chi connectivity index (χ0) is 17.1. The van der Waals surface area contributed by atoms with Crippen LogP contribution < -0.4 is 15.4 Å². The number of carbonyl (C=O) groups excluding carboxylic acids is 1. The fourth-order valence-electron chi connectivity index (χ4n) is 1.78. The molecule has 0 aliphatic rings. The van der Waals surface area contributed by atoms with Crippen LogP contribution in [0.15, 0.2) is 23.8 Å². The second kappa shape index (κ2) is 7.12. The largest absolute Gasteiger partial charge is 0.420 e. The first-order chi connectivity index (χ1) is 11.5. The Labute approximate surface area is 150 Å². The van der Waals surface area contributed by atoms with Crippen LogP contribution in [0.4, 0.5) is 20.6 Å². The molecule has 0 fully saturated rings. The summed E-state index contributed by atoms with van der Waals surface area (Å²) < 4.78 is 5.28. The Bertz CT molecular complexity index is 880. The number of aromatic nitrogens is 3. The number of nitrogens with one attached hydrogen (secondary N) is 2. The maximum Gasteiger partial charge on any atom is 0.420 e. The summed E-state index contributed by atoms with van der Waals surface area (Å²) in [6.07, 6.45) is 2.50. The Morgan fingerprint density at radius 2 is 2.12 bits per heavy atom. The number of thiazole rings is 2. The van der Waals surface area contributed by atoms with Crippen LogP contribution in [0.2, 0.25) is 5.02 Å². The van der Waals surface area contributed by atoms with Gasteiger partial charge in [-0.25, -0.2) is 14.8 Å². The maximum absolute atomic E-state index is 12.0. The topological polar surface area (TPSA) is 89.0 Å². The van der Waals surface area contributed by atoms with Gasteiger partial charge >= 0.3 is 6.09 Å². The van der Waals surface area contributed by atoms with Gasteiger partial charge in [0.05, 0.1) is 27.6 Å². The monoisotopic (exact) mass is 381 g/mol. The predicted octanol–water partition coefficient (Wildman–Crippen LogP) is 4.62. The smallest absolute Gasteiger partial charge is 0.388 e. The molecule has 0 aromatic carbocycles. The number of halogens is 1. The summed E-state index contributed by atoms with van der Waals surface area (Å²) >= 11 is 8.60. The molecule has 124 valence electrons. The fourth-order valence-corrected chi connectivity index (χ4v) is 3.39. The van der Waals surface area contributed by atoms with Gasteiger partial charge in [-0.05, 0) is 19.9 Å². The van der Waals surface area contributed by atoms with Crippen LogP contribution in [0.1, 0.15) is 10.7 Å². The molecule has 24 heavy (non-hydrogen) atoms. The third kappa shape index (κ3) is 4.19. The maximum atomic E-state index is 12.0. The molecular formula is C14H12ClN5O2S2. The summed E-state index contributed by atoms with van der Waals surface area (Å²) in [6.45, 7) is 3.67. The summed E-state index contributed by atoms with van der Waals surface area (Å²) in [7, 11) is 0. The lowest BCUT2D eigenvalue weighted by Gasteiger charge is -2.06. The molecule has 2 N–H and O–H groups in total. The fraction of sp³-hybridized carbons (Fsp3) is 0.143. The number of amides is 1. The number of nitrogens with zero attached hydrogens (tertiary/aromatic N) is 3. The van der Waals surface area contributed by atoms with Gasteiger partial charge in [-0.1, -0.05) is 22.9 Å². The predicted molar refractivity (Wildman–Crippen MR) is 95.9 cm³/mol. The van der Waals surface area contributed by atoms with Crippen molar-refractivity contribution in [3.8, 4) is 5.88 Å². The van der Waals surface area contributed by atoms with Crippen LogP contribution in [0, 0.1) is 13.8 Å². The number of pyridine rings is 1. The minimum absolute atomic E-state index is 0.184. The van der Waals surface area contributed by atoms with Gasteiger partial charge in [0.1, 0.15) is 0 Å². The molecule has 0 bridgehead atoms. The number of ether oxygens (including phenoxy) is 1. The first-order valence-electron chi connectivity index (χ1n) is 6.75. The van der Waals surface area contributed by atoms with E-state index in [1.54, 1.807) is 12.3 Å². The molecular weight excluding hydrogens is 370 g/mol. The second-order valence-corrected chi connectivity index (χ2v) is 7.19. The van der Waals surface area contributed by atoms with E-state index >= 15 is 0 Å². The van der Waals surface area contributed by atoms with E-state index in [4.69, 9.17) is 16.3 Å². The molecule has 0 atom stereocenters. The van der Waals surface area contributed by atoms with Gasteiger partial charge < -0.3 is 10.1 Å². The van der Waals surface area contributed by atoms with Crippen LogP contribution in [0.3, 0.4) is 0 Å². The number of hydrogen-bond acceptors (Lipinski definition) is 8. The molecule has 0 unspecified atom stereocenters. The zero-order valence-electron chi connectivity index (χ0n) is 12.7. The van der Waals surface area contributed by atoms with E-state index in [2.05, 4.69) is 25.6 Å². The summed E-state index contributed by atoms with van der Waals surface area (Å²) in [6, 6.07) is 1.71. The molecule has 0 radical (unpaired) electrons. The molecule has 10 heteroatoms. The highest BCUT2D eigenvalue weighted by Gasteiger charge is 2.16. The summed E-state index contributed by atoms with van der Waals surface area (Å²) in [5.74, 6) is 0.184. The van der Waals surface area contributed by atoms with Gasteiger partial charge in [0.25, 0.3) is 5.88 Å². The lowest BCUT2D eigenvalue weighted by Crippen LogP contribution is -2.17. The molecule has 0 aliphatic carbocycles. The van der Waals surface area contributed by atoms with Crippen molar-refractivity contribution in [2.45, 2.75) is 13.8 Å². The minimum Gasteiger partial charge on any atom is -0.388 e. The molecule has 3 rings (SSSR count). The number of carbonyl (C=O) groups is 1. The van der Waals surface area contributed by atoms with E-state index in [0.29, 0.717) is 20.8 Å². The van der Waals surface area contributed by atoms with Crippen LogP contribution in [0.25, 0.3) is 0 Å². The molecule has 7 nitrogen and oxygen atoms in total. The third-order valence-corrected chi connectivity index (χ3v) is 4.63. The van der Waals surface area contributed by atoms with Crippen LogP contribution in [0.5, 0.6) is 5.88 Å². The molecule has 0 saturated heterocycles. The standard InChI is InChI=1S/C14H12ClN5O2S2/c1-7-6-23-13(17-7)20-14(21)22-11-12(24-8(2)18-11)19-10-3-9(15)4-16-5-10/h3-6,19H,1-2H3,(H,17,20,21). The van der Waals surface area contributed by atoms with Crippen LogP contribution in [-0.4, -0.2) is 21.0 Å². The Balaban J connectivity index is 1.72. The van der Waals surface area contributed by atoms with Crippen molar-refractivity contribution in [3.63, 3.8) is 0 Å². The van der Waals surface area contributed by atoms with Crippen molar-refractivity contribution in [3.05, 3.63) is 39.6 Å². The van der Waals surface area contributed by atoms with E-state index in [9.17, 15) is 4.79 Å². The SMILES string of the molecule is Cc1csc(NC(=O)Oc2nc(C)sc2Nc2cncc(Cl)c2)n1. The van der Waals surface area contributed by atoms with Gasteiger partial charge in [0, 0.05) is 11.6 Å². The minimum atomic E-state index is -0.651. The lowest BCUT2D eigenvalue weighted by atomic mass is 10.4. The normalized spacial score (nSPS) is 10.5. The number of hydrogen-bond donors (Lipinski definition) is 2. The average molecular weight is 382 g/mol. The molecule has 0 aliphatic heterocycles. The average Bonchev–Trinajstić information content (AvgIpc) is 3.05. The molecule has 0 saturated carbocycles. The Morgan fingerprint density at radius 3 is 2.83 bits per heavy atom. The molecule has 1 amide bonds. The molecule has 0 spiro atoms. The molecule has 3 aromatic heterocycles. The molecule has 3 aromatic rings. The van der Waals surface area contributed by atoms with Gasteiger partial charge in [-0.3, -0.25) is 10.3 Å². The Hall–Kier alpha value is -2.23. The van der Waals surface area contributed by atoms with Gasteiger partial charge in [-0.2, -0.15) is 0 Å². The van der Waals surface area contributed by atoms with E-state index in [0.717, 1.165) is 10.7 Å². The van der Waals surface area contributed by atoms with Crippen LogP contribution in [-0.2, 0) is 0 Å². The van der Waals surface area contributed by atoms with Crippen molar-refractivity contribution in [1.82, 2.24) is 15.0 Å². The second-order valence-electron chi connectivity index (χ2n) is 4.69. The Kier molecular flexibility index (Phi) is 4.93. The number of rotatable bonds is 4. The Morgan fingerprint density at radius 1 is 1.29 bits per heavy atom. The zero-order valence-corrected chi connectivity index (χ0v) is 15.1. The third-order valence-electron chi connectivity index (χ3n) is 2.68. The van der Waals surface area contributed by atoms with Gasteiger partial charge in [0.2, 0.25) is 0 Å². The van der Waals surface area contributed by atoms with Crippen molar-refractivity contribution < 1.29 is 9.53 Å². The summed E-state index contributed by atoms with van der Waals surface area (Å²) in [4.78, 5) is 24.4. The quantitative estimate of drug-likeness (QED) is 0.685. The van der Waals surface area contributed by atoms with E-state index in [1.807, 2.05) is 19.2 Å². The van der Waals surface area contributed by atoms with Gasteiger partial charge in [0.15, 0.2) is 10.1 Å². The van der Waals surface area contributed by atoms with Crippen molar-refractivity contribution in [2.75, 3.05) is 10.6 Å². The van der Waals surface area contributed by atoms with Crippen LogP contribution >= 0.6 is 34.3 Å². The number of anilines is 3. The van der Waals surface area contributed by atoms with Crippen molar-refractivity contribution in [2.24, 2.45) is 0 Å². The lowest BCUT2D eigenvalue weighted by molar-refractivity contribution is 0.214. The highest BCUT2D eigenvalue weighted by atomic mass is 35.5. The van der Waals surface area contributed by atoms with Gasteiger partial charge in [-0.15, -0.1) is 11.3 Å². The van der Waals surface area contributed by atoms with E-state index in [1.165, 1.54) is 28.9 Å². The highest BCUT2D eigenvalue weighted by Crippen LogP contribution is 2.34. The van der Waals surface area contributed by atoms with E-state index in [-0.39, 0.29) is 5.88 Å². The highest BCUT2D eigenvalue weighted by molar-refractivity contribution is 7.16. The summed E-state index contributed by atoms with van der Waals surface area (Å²) in [5, 5.41) is 9.81. The number of aryl methyl sites for hydroxylation is 2. The summed E-state index contributed by atoms with van der Waals surface area (Å²) in [5.41, 5.74) is 1.50. The first kappa shape index (κ1) is 16.6. The van der Waals surface area contributed by atoms with Crippen molar-refractivity contribution >= 4 is 56.2 Å². The molecule has 3 heterocycles.